The first-order valence-electron chi connectivity index (χ1n) is 6.60. The second kappa shape index (κ2) is 6.58. The number of aliphatic hydroxyl groups excluding tert-OH is 1. The maximum atomic E-state index is 9.27. The van der Waals surface area contributed by atoms with Crippen molar-refractivity contribution in [3.8, 4) is 0 Å². The van der Waals surface area contributed by atoms with Crippen molar-refractivity contribution in [3.05, 3.63) is 0 Å². The average molecular weight is 229 g/mol. The van der Waals surface area contributed by atoms with Gasteiger partial charge in [-0.2, -0.15) is 0 Å². The van der Waals surface area contributed by atoms with Gasteiger partial charge in [0.15, 0.2) is 0 Å². The topological polar surface area (TPSA) is 55.5 Å². The molecule has 0 aromatic heterocycles. The lowest BCUT2D eigenvalue weighted by molar-refractivity contribution is -0.0767. The summed E-state index contributed by atoms with van der Waals surface area (Å²) in [7, 11) is 0. The maximum Gasteiger partial charge on any atom is 0.0959 e. The van der Waals surface area contributed by atoms with Gasteiger partial charge < -0.3 is 15.6 Å². The fraction of sp³-hybridized carbons (Fsp3) is 1.00. The number of rotatable bonds is 5. The summed E-state index contributed by atoms with van der Waals surface area (Å²) in [6.07, 6.45) is 4.40. The van der Waals surface area contributed by atoms with E-state index in [9.17, 15) is 5.11 Å². The van der Waals surface area contributed by atoms with Crippen LogP contribution in [0.15, 0.2) is 0 Å². The molecule has 1 aliphatic rings. The number of aliphatic hydroxyl groups is 1. The Balaban J connectivity index is 2.40. The van der Waals surface area contributed by atoms with Crippen molar-refractivity contribution in [2.45, 2.75) is 64.7 Å². The van der Waals surface area contributed by atoms with Crippen molar-refractivity contribution < 1.29 is 9.84 Å². The molecule has 0 aromatic rings. The Labute approximate surface area is 99.4 Å². The second-order valence-corrected chi connectivity index (χ2v) is 5.32. The van der Waals surface area contributed by atoms with E-state index in [1.165, 1.54) is 6.42 Å². The molecule has 0 bridgehead atoms. The summed E-state index contributed by atoms with van der Waals surface area (Å²) >= 11 is 0. The number of hydrogen-bond donors (Lipinski definition) is 2. The van der Waals surface area contributed by atoms with E-state index >= 15 is 0 Å². The molecule has 1 rings (SSSR count). The summed E-state index contributed by atoms with van der Waals surface area (Å²) in [6.45, 7) is 6.66. The minimum absolute atomic E-state index is 0.0371. The Morgan fingerprint density at radius 2 is 2.00 bits per heavy atom. The van der Waals surface area contributed by atoms with Crippen LogP contribution in [0.4, 0.5) is 0 Å². The Kier molecular flexibility index (Phi) is 5.73. The fourth-order valence-corrected chi connectivity index (χ4v) is 2.41. The summed E-state index contributed by atoms with van der Waals surface area (Å²) in [4.78, 5) is 0. The van der Waals surface area contributed by atoms with Gasteiger partial charge in [0.2, 0.25) is 0 Å². The highest BCUT2D eigenvalue weighted by molar-refractivity contribution is 4.79. The van der Waals surface area contributed by atoms with Crippen molar-refractivity contribution in [2.75, 3.05) is 6.61 Å². The summed E-state index contributed by atoms with van der Waals surface area (Å²) in [5.74, 6) is 1.52. The van der Waals surface area contributed by atoms with E-state index in [-0.39, 0.29) is 18.8 Å². The normalized spacial score (nSPS) is 34.7. The molecule has 0 spiro atoms. The molecule has 0 amide bonds. The molecule has 96 valence electrons. The molecule has 3 N–H and O–H groups in total. The zero-order valence-corrected chi connectivity index (χ0v) is 10.9. The molecule has 3 nitrogen and oxygen atoms in total. The first kappa shape index (κ1) is 13.9. The van der Waals surface area contributed by atoms with E-state index in [1.54, 1.807) is 0 Å². The fourth-order valence-electron chi connectivity index (χ4n) is 2.41. The van der Waals surface area contributed by atoms with Gasteiger partial charge >= 0.3 is 0 Å². The Hall–Kier alpha value is -0.120. The highest BCUT2D eigenvalue weighted by Gasteiger charge is 2.28. The zero-order valence-electron chi connectivity index (χ0n) is 10.9. The lowest BCUT2D eigenvalue weighted by Gasteiger charge is -2.35. The van der Waals surface area contributed by atoms with E-state index in [4.69, 9.17) is 10.5 Å². The second-order valence-electron chi connectivity index (χ2n) is 5.32. The van der Waals surface area contributed by atoms with Crippen LogP contribution in [-0.4, -0.2) is 30.0 Å². The molecule has 0 radical (unpaired) electrons. The third-order valence-electron chi connectivity index (χ3n) is 4.05. The minimum Gasteiger partial charge on any atom is -0.394 e. The van der Waals surface area contributed by atoms with E-state index in [2.05, 4.69) is 13.8 Å². The van der Waals surface area contributed by atoms with Gasteiger partial charge in [-0.15, -0.1) is 0 Å². The standard InChI is InChI=1S/C13H27NO2/c1-4-12(14)13(8-15)16-11-6-5-9(2)10(3)7-11/h9-13,15H,4-8,14H2,1-3H3. The highest BCUT2D eigenvalue weighted by Crippen LogP contribution is 2.31. The van der Waals surface area contributed by atoms with E-state index in [0.29, 0.717) is 6.10 Å². The van der Waals surface area contributed by atoms with Crippen LogP contribution in [0.25, 0.3) is 0 Å². The molecule has 5 unspecified atom stereocenters. The van der Waals surface area contributed by atoms with Crippen LogP contribution < -0.4 is 5.73 Å². The molecule has 0 saturated heterocycles. The van der Waals surface area contributed by atoms with E-state index in [0.717, 1.165) is 31.1 Å². The molecule has 3 heteroatoms. The lowest BCUT2D eigenvalue weighted by Crippen LogP contribution is -2.42. The minimum atomic E-state index is -0.185. The molecule has 5 atom stereocenters. The number of hydrogen-bond acceptors (Lipinski definition) is 3. The predicted octanol–water partition coefficient (Wildman–Crippen LogP) is 1.93. The molecular formula is C13H27NO2. The Bertz CT molecular complexity index is 198. The summed E-state index contributed by atoms with van der Waals surface area (Å²) in [6, 6.07) is -0.0420. The first-order chi connectivity index (χ1) is 7.58. The molecule has 1 fully saturated rings. The van der Waals surface area contributed by atoms with Crippen molar-refractivity contribution >= 4 is 0 Å². The van der Waals surface area contributed by atoms with Gasteiger partial charge in [-0.3, -0.25) is 0 Å². The van der Waals surface area contributed by atoms with Crippen LogP contribution in [0.1, 0.15) is 46.5 Å². The lowest BCUT2D eigenvalue weighted by atomic mass is 9.80. The van der Waals surface area contributed by atoms with Crippen molar-refractivity contribution in [1.82, 2.24) is 0 Å². The van der Waals surface area contributed by atoms with Gasteiger partial charge in [0, 0.05) is 6.04 Å². The monoisotopic (exact) mass is 229 g/mol. The Morgan fingerprint density at radius 3 is 2.50 bits per heavy atom. The summed E-state index contributed by atoms with van der Waals surface area (Å²) in [5.41, 5.74) is 5.92. The predicted molar refractivity (Wildman–Crippen MR) is 66.2 cm³/mol. The average Bonchev–Trinajstić information content (AvgIpc) is 2.29. The number of nitrogens with two attached hydrogens (primary N) is 1. The van der Waals surface area contributed by atoms with Gasteiger partial charge in [0.05, 0.1) is 18.8 Å². The van der Waals surface area contributed by atoms with Gasteiger partial charge in [-0.1, -0.05) is 20.8 Å². The molecular weight excluding hydrogens is 202 g/mol. The van der Waals surface area contributed by atoms with Crippen molar-refractivity contribution in [1.29, 1.82) is 0 Å². The molecule has 0 aromatic carbocycles. The van der Waals surface area contributed by atoms with Crippen LogP contribution in [0, 0.1) is 11.8 Å². The smallest absolute Gasteiger partial charge is 0.0959 e. The molecule has 1 aliphatic carbocycles. The van der Waals surface area contributed by atoms with Crippen LogP contribution in [-0.2, 0) is 4.74 Å². The van der Waals surface area contributed by atoms with Crippen molar-refractivity contribution in [3.63, 3.8) is 0 Å². The van der Waals surface area contributed by atoms with Gasteiger partial charge in [0.25, 0.3) is 0 Å². The third-order valence-corrected chi connectivity index (χ3v) is 4.05. The largest absolute Gasteiger partial charge is 0.394 e. The summed E-state index contributed by atoms with van der Waals surface area (Å²) < 4.78 is 5.94. The zero-order chi connectivity index (χ0) is 12.1. The van der Waals surface area contributed by atoms with Gasteiger partial charge in [-0.25, -0.2) is 0 Å². The van der Waals surface area contributed by atoms with E-state index in [1.807, 2.05) is 6.92 Å². The summed E-state index contributed by atoms with van der Waals surface area (Å²) in [5, 5.41) is 9.27. The Morgan fingerprint density at radius 1 is 1.31 bits per heavy atom. The third kappa shape index (κ3) is 3.72. The van der Waals surface area contributed by atoms with Crippen LogP contribution in [0.5, 0.6) is 0 Å². The highest BCUT2D eigenvalue weighted by atomic mass is 16.5. The quantitative estimate of drug-likeness (QED) is 0.757. The SMILES string of the molecule is CCC(N)C(CO)OC1CCC(C)C(C)C1. The first-order valence-corrected chi connectivity index (χ1v) is 6.60. The number of ether oxygens (including phenoxy) is 1. The molecule has 16 heavy (non-hydrogen) atoms. The maximum absolute atomic E-state index is 9.27. The van der Waals surface area contributed by atoms with Crippen LogP contribution in [0.2, 0.25) is 0 Å². The van der Waals surface area contributed by atoms with E-state index < -0.39 is 0 Å². The molecule has 0 aliphatic heterocycles. The van der Waals surface area contributed by atoms with Crippen LogP contribution in [0.3, 0.4) is 0 Å². The molecule has 1 saturated carbocycles. The van der Waals surface area contributed by atoms with Gasteiger partial charge in [-0.05, 0) is 37.5 Å². The van der Waals surface area contributed by atoms with Crippen molar-refractivity contribution in [2.24, 2.45) is 17.6 Å². The molecule has 0 heterocycles. The van der Waals surface area contributed by atoms with Crippen LogP contribution >= 0.6 is 0 Å². The van der Waals surface area contributed by atoms with Gasteiger partial charge in [0.1, 0.15) is 0 Å².